The van der Waals surface area contributed by atoms with Crippen LogP contribution in [0.5, 0.6) is 0 Å². The summed E-state index contributed by atoms with van der Waals surface area (Å²) in [7, 11) is 1.66. The summed E-state index contributed by atoms with van der Waals surface area (Å²) in [4.78, 5) is 0. The van der Waals surface area contributed by atoms with Crippen molar-refractivity contribution in [3.63, 3.8) is 0 Å². The normalized spacial score (nSPS) is 18.5. The van der Waals surface area contributed by atoms with Gasteiger partial charge in [-0.3, -0.25) is 0 Å². The molecule has 1 aliphatic heterocycles. The number of benzene rings is 1. The Morgan fingerprint density at radius 3 is 1.77 bits per heavy atom. The second-order valence-corrected chi connectivity index (χ2v) is 6.16. The molecule has 1 aliphatic carbocycles. The molecule has 1 saturated heterocycles. The molecule has 2 aliphatic rings. The molecule has 1 fully saturated rings. The van der Waals surface area contributed by atoms with Crippen LogP contribution in [0.15, 0.2) is 47.6 Å². The van der Waals surface area contributed by atoms with Gasteiger partial charge in [-0.05, 0) is 0 Å². The van der Waals surface area contributed by atoms with Crippen LogP contribution in [0.4, 0.5) is 0 Å². The summed E-state index contributed by atoms with van der Waals surface area (Å²) >= 11 is 2.96. The number of fused-ring (bicyclic) bond motifs is 1. The molecule has 1 heterocycles. The van der Waals surface area contributed by atoms with Crippen molar-refractivity contribution in [2.45, 2.75) is 31.8 Å². The quantitative estimate of drug-likeness (QED) is 0.504. The van der Waals surface area contributed by atoms with Gasteiger partial charge in [0.1, 0.15) is 0 Å². The zero-order chi connectivity index (χ0) is 25.0. The van der Waals surface area contributed by atoms with Crippen LogP contribution in [0.1, 0.15) is 19.4 Å². The van der Waals surface area contributed by atoms with Crippen molar-refractivity contribution in [3.05, 3.63) is 86.4 Å². The molecule has 9 heteroatoms. The van der Waals surface area contributed by atoms with Gasteiger partial charge in [0.25, 0.3) is 0 Å². The van der Waals surface area contributed by atoms with Crippen LogP contribution in [0.3, 0.4) is 0 Å². The summed E-state index contributed by atoms with van der Waals surface area (Å²) in [6.45, 7) is 26.4. The van der Waals surface area contributed by atoms with E-state index in [9.17, 15) is 0 Å². The van der Waals surface area contributed by atoms with E-state index in [0.29, 0.717) is 0 Å². The van der Waals surface area contributed by atoms with E-state index in [-0.39, 0.29) is 12.2 Å². The van der Waals surface area contributed by atoms with Crippen LogP contribution in [0.2, 0.25) is 0 Å². The monoisotopic (exact) mass is 462 g/mol. The zero-order valence-electron chi connectivity index (χ0n) is 16.9. The number of ether oxygens (including phenoxy) is 3. The molecule has 0 radical (unpaired) electrons. The molecule has 2 atom stereocenters. The summed E-state index contributed by atoms with van der Waals surface area (Å²) < 4.78 is 55.5. The molecule has 8 nitrogen and oxygen atoms in total. The topological polar surface area (TPSA) is 127 Å². The van der Waals surface area contributed by atoms with Gasteiger partial charge in [0.15, 0.2) is 0 Å². The first-order valence-electron chi connectivity index (χ1n) is 7.95. The minimum atomic E-state index is -0.559. The minimum absolute atomic E-state index is 0.0199. The third kappa shape index (κ3) is 10.0. The Kier molecular flexibility index (Phi) is 21.1. The molecule has 0 saturated carbocycles. The Morgan fingerprint density at radius 1 is 0.871 bits per heavy atom. The average molecular weight is 462 g/mol. The molecule has 160 valence electrons. The van der Waals surface area contributed by atoms with E-state index in [4.69, 9.17) is 37.5 Å². The van der Waals surface area contributed by atoms with Gasteiger partial charge in [0.2, 0.25) is 0 Å². The van der Waals surface area contributed by atoms with Gasteiger partial charge in [-0.2, -0.15) is 0 Å². The third-order valence-corrected chi connectivity index (χ3v) is 4.26. The first-order chi connectivity index (χ1) is 15.0. The van der Waals surface area contributed by atoms with E-state index in [1.807, 2.05) is 32.0 Å². The maximum atomic E-state index is 7.50. The molecule has 0 N–H and O–H groups in total. The molecule has 3 rings (SSSR count). The van der Waals surface area contributed by atoms with Crippen molar-refractivity contribution in [2.24, 2.45) is 0 Å². The molecule has 0 amide bonds. The van der Waals surface area contributed by atoms with Crippen LogP contribution < -0.4 is 0 Å². The number of hydrogen-bond donors (Lipinski definition) is 0. The van der Waals surface area contributed by atoms with Crippen LogP contribution in [0.25, 0.3) is 6.08 Å². The van der Waals surface area contributed by atoms with Crippen LogP contribution in [0, 0.1) is 33.3 Å². The van der Waals surface area contributed by atoms with Crippen LogP contribution in [-0.2, 0) is 53.3 Å². The van der Waals surface area contributed by atoms with Crippen molar-refractivity contribution in [1.82, 2.24) is 0 Å². The molecular weight excluding hydrogens is 444 g/mol. The van der Waals surface area contributed by atoms with Crippen molar-refractivity contribution in [3.8, 4) is 0 Å². The second-order valence-electron chi connectivity index (χ2n) is 5.58. The van der Waals surface area contributed by atoms with Gasteiger partial charge in [-0.1, -0.05) is 0 Å². The van der Waals surface area contributed by atoms with Crippen molar-refractivity contribution in [2.75, 3.05) is 7.11 Å². The predicted octanol–water partition coefficient (Wildman–Crippen LogP) is 2.67. The molecule has 0 spiro atoms. The first-order valence-corrected chi connectivity index (χ1v) is 8.59. The Morgan fingerprint density at radius 2 is 1.32 bits per heavy atom. The molecule has 1 aromatic rings. The number of rotatable bonds is 4. The van der Waals surface area contributed by atoms with Crippen LogP contribution >= 0.6 is 0 Å². The van der Waals surface area contributed by atoms with E-state index in [1.54, 1.807) is 7.11 Å². The first kappa shape index (κ1) is 33.3. The van der Waals surface area contributed by atoms with Crippen molar-refractivity contribution in [1.29, 1.82) is 0 Å². The van der Waals surface area contributed by atoms with E-state index < -0.39 is 5.79 Å². The number of methoxy groups -OCH3 is 1. The van der Waals surface area contributed by atoms with E-state index in [2.05, 4.69) is 73.4 Å². The van der Waals surface area contributed by atoms with Crippen molar-refractivity contribution < 1.29 is 53.3 Å². The summed E-state index contributed by atoms with van der Waals surface area (Å²) in [6.07, 6.45) is 4.11. The van der Waals surface area contributed by atoms with Gasteiger partial charge >= 0.3 is 189 Å². The van der Waals surface area contributed by atoms with E-state index in [0.717, 1.165) is 21.3 Å². The molecule has 31 heavy (non-hydrogen) atoms. The van der Waals surface area contributed by atoms with Gasteiger partial charge in [0.05, 0.1) is 0 Å². The molecule has 0 unspecified atom stereocenters. The van der Waals surface area contributed by atoms with Crippen molar-refractivity contribution >= 4 is 10.6 Å². The molecule has 0 aromatic heterocycles. The van der Waals surface area contributed by atoms with Gasteiger partial charge < -0.3 is 0 Å². The van der Waals surface area contributed by atoms with Gasteiger partial charge in [-0.25, -0.2) is 0 Å². The summed E-state index contributed by atoms with van der Waals surface area (Å²) in [5.74, 6) is -0.559. The Labute approximate surface area is 189 Å². The van der Waals surface area contributed by atoms with Crippen LogP contribution in [-0.4, -0.2) is 29.7 Å². The standard InChI is InChI=1S/C17H18O3.5CO.Cr/c1-17(2)19-15-13(14(11-18-3)16(15)20-17)10-9-12-7-5-4-6-8-12;5*1-2;/h4-10,15-16H,1-3H3;;;;;;/b10-9+;;;;;;/t15-,16+;;;;;;/m1....../s1. The van der Waals surface area contributed by atoms with E-state index in [1.165, 1.54) is 0 Å². The molecule has 1 aromatic carbocycles. The fourth-order valence-electron chi connectivity index (χ4n) is 2.70. The average Bonchev–Trinajstić information content (AvgIpc) is 3.12. The maximum absolute atomic E-state index is 7.50. The Bertz CT molecular complexity index is 794. The van der Waals surface area contributed by atoms with E-state index >= 15 is 0 Å². The van der Waals surface area contributed by atoms with Gasteiger partial charge in [-0.15, -0.1) is 0 Å². The Hall–Kier alpha value is -2.32. The third-order valence-electron chi connectivity index (χ3n) is 3.66. The second kappa shape index (κ2) is 19.6. The summed E-state index contributed by atoms with van der Waals surface area (Å²) in [5, 5.41) is 0. The summed E-state index contributed by atoms with van der Waals surface area (Å²) in [6, 6.07) is 10.2. The molecule has 0 bridgehead atoms. The van der Waals surface area contributed by atoms with Gasteiger partial charge in [0, 0.05) is 0 Å². The number of hydrogen-bond acceptors (Lipinski definition) is 3. The SMILES string of the molecule is CO[C](=[Cr])C1=C(/C=C/c2ccccc2)[C@H]2OC(C)(C)O[C@@H]12.[C-]#[O+].[C-]#[O+].[C-]#[O+].[C-]#[O+].[C-]#[O+]. The Balaban J connectivity index is -0.000000692. The predicted molar refractivity (Wildman–Crippen MR) is 98.0 cm³/mol. The fourth-order valence-corrected chi connectivity index (χ4v) is 3.07. The molecular formula is C22H18CrO8. The summed E-state index contributed by atoms with van der Waals surface area (Å²) in [5.41, 5.74) is 3.33. The fraction of sp³-hybridized carbons (Fsp3) is 0.273. The zero-order valence-corrected chi connectivity index (χ0v) is 18.1.